The summed E-state index contributed by atoms with van der Waals surface area (Å²) in [6, 6.07) is 14.9. The Kier molecular flexibility index (Phi) is 5.03. The maximum Gasteiger partial charge on any atom is 0.379 e. The number of esters is 1. The number of hydrogen-bond donors (Lipinski definition) is 1. The first-order chi connectivity index (χ1) is 10.6. The fraction of sp³-hybridized carbons (Fsp3) is 0.118. The Balaban J connectivity index is 2.24. The largest absolute Gasteiger partial charge is 0.460 e. The summed E-state index contributed by atoms with van der Waals surface area (Å²) in [6.07, 6.45) is 0. The van der Waals surface area contributed by atoms with Crippen LogP contribution >= 0.6 is 0 Å². The van der Waals surface area contributed by atoms with Crippen molar-refractivity contribution < 1.29 is 19.1 Å². The van der Waals surface area contributed by atoms with E-state index in [1.54, 1.807) is 55.5 Å². The predicted molar refractivity (Wildman–Crippen MR) is 81.8 cm³/mol. The lowest BCUT2D eigenvalue weighted by molar-refractivity contribution is -0.137. The molecule has 0 bridgehead atoms. The molecule has 2 aromatic rings. The van der Waals surface area contributed by atoms with E-state index < -0.39 is 11.8 Å². The van der Waals surface area contributed by atoms with Crippen molar-refractivity contribution in [2.24, 2.45) is 0 Å². The van der Waals surface area contributed by atoms with Gasteiger partial charge >= 0.3 is 5.97 Å². The third kappa shape index (κ3) is 3.58. The average Bonchev–Trinajstić information content (AvgIpc) is 2.55. The van der Waals surface area contributed by atoms with E-state index in [-0.39, 0.29) is 23.8 Å². The molecular formula is C17H15NO4. The lowest BCUT2D eigenvalue weighted by Crippen LogP contribution is -2.20. The maximum absolute atomic E-state index is 12.1. The number of ketones is 1. The number of Topliss-reactive ketones (excluding diaryl/α,β-unsaturated/α-hetero) is 1. The summed E-state index contributed by atoms with van der Waals surface area (Å²) in [4.78, 5) is 35.8. The van der Waals surface area contributed by atoms with E-state index in [1.807, 2.05) is 0 Å². The number of nitrogens with one attached hydrogen (secondary N) is 1. The highest BCUT2D eigenvalue weighted by Gasteiger charge is 2.21. The summed E-state index contributed by atoms with van der Waals surface area (Å²) in [5.74, 6) is -2.08. The molecule has 2 aromatic carbocycles. The van der Waals surface area contributed by atoms with Gasteiger partial charge < -0.3 is 10.1 Å². The van der Waals surface area contributed by atoms with Crippen LogP contribution in [0.3, 0.4) is 0 Å². The van der Waals surface area contributed by atoms with Gasteiger partial charge in [-0.3, -0.25) is 9.59 Å². The zero-order chi connectivity index (χ0) is 15.9. The standard InChI is InChI=1S/C17H15NO4/c1-2-22-17(21)15(19)13-10-6-7-11-14(13)18-16(20)12-8-4-3-5-9-12/h3-11H,2H2,1H3,(H,18,20). The second-order valence-corrected chi connectivity index (χ2v) is 4.42. The first-order valence-electron chi connectivity index (χ1n) is 6.80. The van der Waals surface area contributed by atoms with Gasteiger partial charge in [-0.15, -0.1) is 0 Å². The fourth-order valence-electron chi connectivity index (χ4n) is 1.88. The van der Waals surface area contributed by atoms with Crippen LogP contribution in [0.4, 0.5) is 5.69 Å². The molecule has 112 valence electrons. The van der Waals surface area contributed by atoms with Gasteiger partial charge in [0.05, 0.1) is 17.9 Å². The Morgan fingerprint density at radius 2 is 1.59 bits per heavy atom. The third-order valence-electron chi connectivity index (χ3n) is 2.92. The number of benzene rings is 2. The van der Waals surface area contributed by atoms with Crippen molar-refractivity contribution in [3.8, 4) is 0 Å². The Bertz CT molecular complexity index is 695. The van der Waals surface area contributed by atoms with E-state index in [4.69, 9.17) is 4.74 Å². The van der Waals surface area contributed by atoms with E-state index in [1.165, 1.54) is 6.07 Å². The predicted octanol–water partition coefficient (Wildman–Crippen LogP) is 2.68. The summed E-state index contributed by atoms with van der Waals surface area (Å²) < 4.78 is 4.70. The zero-order valence-corrected chi connectivity index (χ0v) is 12.0. The number of carbonyl (C=O) groups excluding carboxylic acids is 3. The van der Waals surface area contributed by atoms with Crippen LogP contribution < -0.4 is 5.32 Å². The molecule has 0 saturated carbocycles. The monoisotopic (exact) mass is 297 g/mol. The van der Waals surface area contributed by atoms with Crippen LogP contribution in [0.1, 0.15) is 27.6 Å². The summed E-state index contributed by atoms with van der Waals surface area (Å²) in [5.41, 5.74) is 0.834. The molecule has 1 N–H and O–H groups in total. The molecule has 0 aliphatic carbocycles. The number of rotatable bonds is 5. The number of hydrogen-bond acceptors (Lipinski definition) is 4. The topological polar surface area (TPSA) is 72.5 Å². The van der Waals surface area contributed by atoms with Crippen molar-refractivity contribution in [2.45, 2.75) is 6.92 Å². The summed E-state index contributed by atoms with van der Waals surface area (Å²) in [7, 11) is 0. The molecule has 5 heteroatoms. The lowest BCUT2D eigenvalue weighted by Gasteiger charge is -2.10. The molecule has 1 amide bonds. The lowest BCUT2D eigenvalue weighted by atomic mass is 10.1. The third-order valence-corrected chi connectivity index (χ3v) is 2.92. The van der Waals surface area contributed by atoms with Gasteiger partial charge in [0.15, 0.2) is 0 Å². The van der Waals surface area contributed by atoms with Gasteiger partial charge in [0, 0.05) is 5.56 Å². The highest BCUT2D eigenvalue weighted by molar-refractivity contribution is 6.42. The first kappa shape index (κ1) is 15.4. The van der Waals surface area contributed by atoms with Gasteiger partial charge in [-0.2, -0.15) is 0 Å². The molecule has 22 heavy (non-hydrogen) atoms. The van der Waals surface area contributed by atoms with Gasteiger partial charge in [-0.1, -0.05) is 30.3 Å². The Labute approximate surface area is 127 Å². The molecule has 2 rings (SSSR count). The van der Waals surface area contributed by atoms with Gasteiger partial charge in [-0.05, 0) is 31.2 Å². The van der Waals surface area contributed by atoms with Crippen molar-refractivity contribution in [1.29, 1.82) is 0 Å². The molecule has 0 aromatic heterocycles. The van der Waals surface area contributed by atoms with Gasteiger partial charge in [0.25, 0.3) is 11.7 Å². The summed E-state index contributed by atoms with van der Waals surface area (Å²) >= 11 is 0. The van der Waals surface area contributed by atoms with E-state index in [9.17, 15) is 14.4 Å². The zero-order valence-electron chi connectivity index (χ0n) is 12.0. The van der Waals surface area contributed by atoms with Crippen molar-refractivity contribution in [1.82, 2.24) is 0 Å². The van der Waals surface area contributed by atoms with Gasteiger partial charge in [0.2, 0.25) is 0 Å². The number of carbonyl (C=O) groups is 3. The molecule has 0 radical (unpaired) electrons. The van der Waals surface area contributed by atoms with Gasteiger partial charge in [0.1, 0.15) is 0 Å². The molecule has 0 saturated heterocycles. The molecule has 0 aliphatic rings. The Morgan fingerprint density at radius 3 is 2.27 bits per heavy atom. The minimum absolute atomic E-state index is 0.102. The maximum atomic E-state index is 12.1. The van der Waals surface area contributed by atoms with Crippen LogP contribution in [0.15, 0.2) is 54.6 Å². The fourth-order valence-corrected chi connectivity index (χ4v) is 1.88. The van der Waals surface area contributed by atoms with Crippen LogP contribution in [0.2, 0.25) is 0 Å². The quantitative estimate of drug-likeness (QED) is 0.523. The van der Waals surface area contributed by atoms with Crippen molar-refractivity contribution >= 4 is 23.3 Å². The smallest absolute Gasteiger partial charge is 0.379 e. The molecule has 0 unspecified atom stereocenters. The highest BCUT2D eigenvalue weighted by Crippen LogP contribution is 2.17. The van der Waals surface area contributed by atoms with Crippen LogP contribution in [0.5, 0.6) is 0 Å². The van der Waals surface area contributed by atoms with Crippen LogP contribution in [0.25, 0.3) is 0 Å². The van der Waals surface area contributed by atoms with E-state index in [2.05, 4.69) is 5.32 Å². The van der Waals surface area contributed by atoms with Crippen LogP contribution in [-0.2, 0) is 9.53 Å². The molecule has 0 fully saturated rings. The highest BCUT2D eigenvalue weighted by atomic mass is 16.5. The second-order valence-electron chi connectivity index (χ2n) is 4.42. The number of anilines is 1. The second kappa shape index (κ2) is 7.17. The number of amides is 1. The molecule has 0 aliphatic heterocycles. The normalized spacial score (nSPS) is 9.86. The Morgan fingerprint density at radius 1 is 0.955 bits per heavy atom. The molecule has 0 atom stereocenters. The van der Waals surface area contributed by atoms with Crippen LogP contribution in [0, 0.1) is 0 Å². The first-order valence-corrected chi connectivity index (χ1v) is 6.80. The van der Waals surface area contributed by atoms with Gasteiger partial charge in [-0.25, -0.2) is 4.79 Å². The van der Waals surface area contributed by atoms with E-state index in [0.717, 1.165) is 0 Å². The SMILES string of the molecule is CCOC(=O)C(=O)c1ccccc1NC(=O)c1ccccc1. The summed E-state index contributed by atoms with van der Waals surface area (Å²) in [6.45, 7) is 1.73. The summed E-state index contributed by atoms with van der Waals surface area (Å²) in [5, 5.41) is 2.64. The van der Waals surface area contributed by atoms with Crippen molar-refractivity contribution in [3.05, 3.63) is 65.7 Å². The van der Waals surface area contributed by atoms with Crippen molar-refractivity contribution in [3.63, 3.8) is 0 Å². The van der Waals surface area contributed by atoms with Crippen LogP contribution in [-0.4, -0.2) is 24.3 Å². The van der Waals surface area contributed by atoms with Crippen molar-refractivity contribution in [2.75, 3.05) is 11.9 Å². The van der Waals surface area contributed by atoms with E-state index >= 15 is 0 Å². The molecule has 0 heterocycles. The molecule has 5 nitrogen and oxygen atoms in total. The molecular weight excluding hydrogens is 282 g/mol. The molecule has 0 spiro atoms. The minimum Gasteiger partial charge on any atom is -0.460 e. The average molecular weight is 297 g/mol. The number of para-hydroxylation sites is 1. The minimum atomic E-state index is -0.941. The number of ether oxygens (including phenoxy) is 1. The Hall–Kier alpha value is -2.95. The van der Waals surface area contributed by atoms with E-state index in [0.29, 0.717) is 5.56 Å².